The lowest BCUT2D eigenvalue weighted by atomic mass is 9.92. The van der Waals surface area contributed by atoms with Crippen LogP contribution in [0.4, 0.5) is 0 Å². The van der Waals surface area contributed by atoms with Crippen LogP contribution < -0.4 is 0 Å². The molecule has 13 heavy (non-hydrogen) atoms. The Morgan fingerprint density at radius 1 is 0.923 bits per heavy atom. The summed E-state index contributed by atoms with van der Waals surface area (Å²) in [5.41, 5.74) is 0. The largest absolute Gasteiger partial charge is 0.297 e. The van der Waals surface area contributed by atoms with E-state index in [1.54, 1.807) is 0 Å². The molecular formula is C12H25N. The van der Waals surface area contributed by atoms with E-state index >= 15 is 0 Å². The average molecular weight is 183 g/mol. The summed E-state index contributed by atoms with van der Waals surface area (Å²) >= 11 is 0. The second kappa shape index (κ2) is 4.00. The summed E-state index contributed by atoms with van der Waals surface area (Å²) in [6, 6.07) is 1.54. The quantitative estimate of drug-likeness (QED) is 0.636. The van der Waals surface area contributed by atoms with Crippen LogP contribution in [0.25, 0.3) is 0 Å². The van der Waals surface area contributed by atoms with Crippen molar-refractivity contribution in [1.29, 1.82) is 0 Å². The van der Waals surface area contributed by atoms with Crippen molar-refractivity contribution < 1.29 is 0 Å². The third-order valence-electron chi connectivity index (χ3n) is 3.97. The van der Waals surface area contributed by atoms with Crippen molar-refractivity contribution >= 4 is 0 Å². The molecule has 0 aromatic rings. The van der Waals surface area contributed by atoms with Gasteiger partial charge < -0.3 is 0 Å². The van der Waals surface area contributed by atoms with Crippen LogP contribution in [0.3, 0.4) is 0 Å². The van der Waals surface area contributed by atoms with Crippen molar-refractivity contribution in [2.24, 2.45) is 17.8 Å². The second-order valence-electron chi connectivity index (χ2n) is 5.29. The Hall–Kier alpha value is -0.0400. The monoisotopic (exact) mass is 183 g/mol. The minimum atomic E-state index is 0.771. The number of nitrogens with zero attached hydrogens (tertiary/aromatic N) is 1. The summed E-state index contributed by atoms with van der Waals surface area (Å²) in [6.45, 7) is 15.4. The summed E-state index contributed by atoms with van der Waals surface area (Å²) in [5.74, 6) is 2.50. The van der Waals surface area contributed by atoms with Crippen LogP contribution >= 0.6 is 0 Å². The maximum absolute atomic E-state index is 2.68. The first-order chi connectivity index (χ1) is 5.95. The zero-order chi connectivity index (χ0) is 10.2. The van der Waals surface area contributed by atoms with Crippen LogP contribution in [0, 0.1) is 17.8 Å². The van der Waals surface area contributed by atoms with Crippen molar-refractivity contribution in [2.45, 2.75) is 53.6 Å². The highest BCUT2D eigenvalue weighted by atomic mass is 15.2. The molecule has 4 unspecified atom stereocenters. The van der Waals surface area contributed by atoms with Crippen LogP contribution in [0.15, 0.2) is 0 Å². The summed E-state index contributed by atoms with van der Waals surface area (Å²) in [4.78, 5) is 2.68. The molecule has 4 atom stereocenters. The van der Waals surface area contributed by atoms with Crippen LogP contribution in [-0.2, 0) is 0 Å². The van der Waals surface area contributed by atoms with Gasteiger partial charge in [-0.2, -0.15) is 0 Å². The standard InChI is InChI=1S/C12H25N/c1-8(2)7-13-11(5)9(3)10(4)12(13)6/h8-12H,7H2,1-6H3. The smallest absolute Gasteiger partial charge is 0.00987 e. The van der Waals surface area contributed by atoms with E-state index < -0.39 is 0 Å². The Balaban J connectivity index is 2.64. The Labute approximate surface area is 83.5 Å². The molecule has 0 N–H and O–H groups in total. The second-order valence-corrected chi connectivity index (χ2v) is 5.29. The molecule has 0 aliphatic carbocycles. The van der Waals surface area contributed by atoms with Crippen molar-refractivity contribution in [3.63, 3.8) is 0 Å². The van der Waals surface area contributed by atoms with E-state index in [2.05, 4.69) is 46.4 Å². The van der Waals surface area contributed by atoms with Gasteiger partial charge >= 0.3 is 0 Å². The average Bonchev–Trinajstić information content (AvgIpc) is 2.22. The molecule has 1 aliphatic heterocycles. The molecule has 1 aliphatic rings. The van der Waals surface area contributed by atoms with Crippen molar-refractivity contribution in [2.75, 3.05) is 6.54 Å². The van der Waals surface area contributed by atoms with Crippen LogP contribution in [0.5, 0.6) is 0 Å². The van der Waals surface area contributed by atoms with Gasteiger partial charge in [-0.25, -0.2) is 0 Å². The van der Waals surface area contributed by atoms with Crippen molar-refractivity contribution in [1.82, 2.24) is 4.90 Å². The highest BCUT2D eigenvalue weighted by Crippen LogP contribution is 2.34. The molecule has 0 amide bonds. The molecule has 0 aromatic heterocycles. The van der Waals surface area contributed by atoms with Gasteiger partial charge in [0.2, 0.25) is 0 Å². The van der Waals surface area contributed by atoms with Gasteiger partial charge in [-0.15, -0.1) is 0 Å². The highest BCUT2D eigenvalue weighted by molar-refractivity contribution is 4.92. The predicted molar refractivity (Wildman–Crippen MR) is 58.8 cm³/mol. The van der Waals surface area contributed by atoms with Gasteiger partial charge in [0.05, 0.1) is 0 Å². The maximum Gasteiger partial charge on any atom is 0.00987 e. The third kappa shape index (κ3) is 2.07. The van der Waals surface area contributed by atoms with E-state index in [0.717, 1.165) is 29.8 Å². The van der Waals surface area contributed by atoms with Gasteiger partial charge in [-0.3, -0.25) is 4.90 Å². The van der Waals surface area contributed by atoms with E-state index in [0.29, 0.717) is 0 Å². The van der Waals surface area contributed by atoms with Gasteiger partial charge in [-0.05, 0) is 31.6 Å². The molecule has 1 saturated heterocycles. The first kappa shape index (κ1) is 11.0. The minimum Gasteiger partial charge on any atom is -0.297 e. The maximum atomic E-state index is 2.68. The van der Waals surface area contributed by atoms with Gasteiger partial charge in [0.25, 0.3) is 0 Å². The SMILES string of the molecule is CC(C)CN1C(C)C(C)C(C)C1C. The van der Waals surface area contributed by atoms with Gasteiger partial charge in [0.1, 0.15) is 0 Å². The lowest BCUT2D eigenvalue weighted by molar-refractivity contribution is 0.176. The van der Waals surface area contributed by atoms with Crippen LogP contribution in [0.2, 0.25) is 0 Å². The van der Waals surface area contributed by atoms with E-state index in [-0.39, 0.29) is 0 Å². The van der Waals surface area contributed by atoms with Gasteiger partial charge in [0.15, 0.2) is 0 Å². The van der Waals surface area contributed by atoms with Crippen molar-refractivity contribution in [3.05, 3.63) is 0 Å². The molecule has 78 valence electrons. The minimum absolute atomic E-state index is 0.771. The van der Waals surface area contributed by atoms with Crippen molar-refractivity contribution in [3.8, 4) is 0 Å². The summed E-state index contributed by atoms with van der Waals surface area (Å²) < 4.78 is 0. The molecular weight excluding hydrogens is 158 g/mol. The number of rotatable bonds is 2. The van der Waals surface area contributed by atoms with E-state index in [1.807, 2.05) is 0 Å². The van der Waals surface area contributed by atoms with Gasteiger partial charge in [0, 0.05) is 18.6 Å². The van der Waals surface area contributed by atoms with E-state index in [4.69, 9.17) is 0 Å². The molecule has 0 aromatic carbocycles. The molecule has 1 fully saturated rings. The number of hydrogen-bond donors (Lipinski definition) is 0. The lowest BCUT2D eigenvalue weighted by Crippen LogP contribution is -2.37. The zero-order valence-corrected chi connectivity index (χ0v) is 10.0. The summed E-state index contributed by atoms with van der Waals surface area (Å²) in [7, 11) is 0. The van der Waals surface area contributed by atoms with Gasteiger partial charge in [-0.1, -0.05) is 27.7 Å². The van der Waals surface area contributed by atoms with Crippen LogP contribution in [0.1, 0.15) is 41.5 Å². The van der Waals surface area contributed by atoms with E-state index in [9.17, 15) is 0 Å². The summed E-state index contributed by atoms with van der Waals surface area (Å²) in [6.07, 6.45) is 0. The molecule has 0 spiro atoms. The molecule has 1 heterocycles. The molecule has 0 bridgehead atoms. The Morgan fingerprint density at radius 2 is 1.31 bits per heavy atom. The molecule has 0 radical (unpaired) electrons. The zero-order valence-electron chi connectivity index (χ0n) is 10.0. The first-order valence-corrected chi connectivity index (χ1v) is 5.70. The lowest BCUT2D eigenvalue weighted by Gasteiger charge is -2.28. The predicted octanol–water partition coefficient (Wildman–Crippen LogP) is 3.01. The van der Waals surface area contributed by atoms with E-state index in [1.165, 1.54) is 6.54 Å². The van der Waals surface area contributed by atoms with Crippen LogP contribution in [-0.4, -0.2) is 23.5 Å². The fourth-order valence-corrected chi connectivity index (χ4v) is 2.61. The number of hydrogen-bond acceptors (Lipinski definition) is 1. The Kier molecular flexibility index (Phi) is 3.39. The number of likely N-dealkylation sites (tertiary alicyclic amines) is 1. The molecule has 1 rings (SSSR count). The Morgan fingerprint density at radius 3 is 1.62 bits per heavy atom. The fraction of sp³-hybridized carbons (Fsp3) is 1.00. The highest BCUT2D eigenvalue weighted by Gasteiger charge is 2.39. The normalized spacial score (nSPS) is 41.8. The first-order valence-electron chi connectivity index (χ1n) is 5.70. The summed E-state index contributed by atoms with van der Waals surface area (Å²) in [5, 5.41) is 0. The molecule has 1 heteroatoms. The molecule has 1 nitrogen and oxygen atoms in total. The molecule has 0 saturated carbocycles. The third-order valence-corrected chi connectivity index (χ3v) is 3.97. The fourth-order valence-electron chi connectivity index (χ4n) is 2.61. The Bertz CT molecular complexity index is 151. The topological polar surface area (TPSA) is 3.24 Å².